The normalized spacial score (nSPS) is 25.2. The molecule has 1 atom stereocenters. The van der Waals surface area contributed by atoms with Crippen LogP contribution in [0.4, 0.5) is 0 Å². The van der Waals surface area contributed by atoms with E-state index in [-0.39, 0.29) is 11.8 Å². The fourth-order valence-electron chi connectivity index (χ4n) is 1.92. The smallest absolute Gasteiger partial charge is 0.234 e. The Morgan fingerprint density at radius 1 is 1.62 bits per heavy atom. The first-order valence-corrected chi connectivity index (χ1v) is 5.87. The Bertz CT molecular complexity index is 262. The van der Waals surface area contributed by atoms with Crippen molar-refractivity contribution >= 4 is 23.9 Å². The van der Waals surface area contributed by atoms with E-state index in [2.05, 4.69) is 5.32 Å². The Balaban J connectivity index is 2.33. The minimum absolute atomic E-state index is 0.0705. The first kappa shape index (κ1) is 13.3. The van der Waals surface area contributed by atoms with Crippen molar-refractivity contribution in [1.29, 1.82) is 0 Å². The number of alkyl halides is 1. The molecule has 0 aromatic heterocycles. The number of likely N-dealkylation sites (tertiary alicyclic amines) is 1. The second-order valence-corrected chi connectivity index (χ2v) is 4.40. The molecule has 2 N–H and O–H groups in total. The molecule has 6 heteroatoms. The van der Waals surface area contributed by atoms with Crippen molar-refractivity contribution in [1.82, 2.24) is 10.2 Å². The number of carbonyl (C=O) groups is 2. The Morgan fingerprint density at radius 2 is 2.38 bits per heavy atom. The maximum Gasteiger partial charge on any atom is 0.234 e. The SMILES string of the molecule is O=CN1CCCC(O)(CCNC(=O)CCl)C1. The number of piperidine rings is 1. The number of hydrogen-bond donors (Lipinski definition) is 2. The topological polar surface area (TPSA) is 69.6 Å². The number of carbonyl (C=O) groups excluding carboxylic acids is 2. The predicted octanol–water partition coefficient (Wildman–Crippen LogP) is -0.285. The van der Waals surface area contributed by atoms with Crippen LogP contribution in [0.1, 0.15) is 19.3 Å². The average molecular weight is 249 g/mol. The van der Waals surface area contributed by atoms with E-state index in [4.69, 9.17) is 11.6 Å². The van der Waals surface area contributed by atoms with Gasteiger partial charge in [-0.05, 0) is 19.3 Å². The Hall–Kier alpha value is -0.810. The summed E-state index contributed by atoms with van der Waals surface area (Å²) in [6.07, 6.45) is 2.65. The van der Waals surface area contributed by atoms with Crippen LogP contribution in [0.15, 0.2) is 0 Å². The zero-order valence-electron chi connectivity index (χ0n) is 9.12. The van der Waals surface area contributed by atoms with Crippen LogP contribution in [0.5, 0.6) is 0 Å². The Labute approximate surface area is 99.7 Å². The molecule has 2 amide bonds. The number of nitrogens with zero attached hydrogens (tertiary/aromatic N) is 1. The molecule has 1 fully saturated rings. The van der Waals surface area contributed by atoms with Crippen LogP contribution in [0.2, 0.25) is 0 Å². The summed E-state index contributed by atoms with van der Waals surface area (Å²) < 4.78 is 0. The van der Waals surface area contributed by atoms with Gasteiger partial charge in [-0.2, -0.15) is 0 Å². The zero-order valence-corrected chi connectivity index (χ0v) is 9.87. The van der Waals surface area contributed by atoms with Gasteiger partial charge in [0.15, 0.2) is 0 Å². The molecule has 0 aromatic carbocycles. The van der Waals surface area contributed by atoms with E-state index in [0.717, 1.165) is 12.8 Å². The Morgan fingerprint density at radius 3 is 3.00 bits per heavy atom. The van der Waals surface area contributed by atoms with Gasteiger partial charge in [0.2, 0.25) is 12.3 Å². The minimum Gasteiger partial charge on any atom is -0.388 e. The molecular weight excluding hydrogens is 232 g/mol. The van der Waals surface area contributed by atoms with Gasteiger partial charge in [0.25, 0.3) is 0 Å². The number of β-amino-alcohol motifs (C(OH)–C–C–N with tert-alkyl or cyclic N) is 1. The summed E-state index contributed by atoms with van der Waals surface area (Å²) in [5, 5.41) is 12.8. The van der Waals surface area contributed by atoms with Crippen LogP contribution >= 0.6 is 11.6 Å². The molecule has 1 rings (SSSR count). The molecule has 0 spiro atoms. The molecule has 1 heterocycles. The highest BCUT2D eigenvalue weighted by Crippen LogP contribution is 2.23. The lowest BCUT2D eigenvalue weighted by Crippen LogP contribution is -2.49. The molecule has 0 radical (unpaired) electrons. The average Bonchev–Trinajstić information content (AvgIpc) is 2.28. The van der Waals surface area contributed by atoms with Crippen LogP contribution in [-0.4, -0.2) is 53.4 Å². The number of nitrogens with one attached hydrogen (secondary N) is 1. The number of rotatable bonds is 5. The summed E-state index contributed by atoms with van der Waals surface area (Å²) in [4.78, 5) is 23.1. The van der Waals surface area contributed by atoms with Gasteiger partial charge in [-0.1, -0.05) is 0 Å². The highest BCUT2D eigenvalue weighted by molar-refractivity contribution is 6.27. The van der Waals surface area contributed by atoms with Gasteiger partial charge in [-0.25, -0.2) is 0 Å². The lowest BCUT2D eigenvalue weighted by molar-refractivity contribution is -0.126. The molecule has 5 nitrogen and oxygen atoms in total. The van der Waals surface area contributed by atoms with Gasteiger partial charge in [0.05, 0.1) is 5.60 Å². The summed E-state index contributed by atoms with van der Waals surface area (Å²) in [5.74, 6) is -0.313. The quantitative estimate of drug-likeness (QED) is 0.519. The van der Waals surface area contributed by atoms with Crippen LogP contribution < -0.4 is 5.32 Å². The lowest BCUT2D eigenvalue weighted by atomic mass is 9.90. The molecular formula is C10H17ClN2O3. The molecule has 1 unspecified atom stereocenters. The molecule has 1 saturated heterocycles. The zero-order chi connectivity index (χ0) is 12.0. The summed E-state index contributed by atoms with van der Waals surface area (Å²) >= 11 is 5.32. The molecule has 0 aromatic rings. The van der Waals surface area contributed by atoms with Crippen molar-refractivity contribution in [2.24, 2.45) is 0 Å². The third-order valence-electron chi connectivity index (χ3n) is 2.77. The highest BCUT2D eigenvalue weighted by Gasteiger charge is 2.32. The number of halogens is 1. The first-order valence-electron chi connectivity index (χ1n) is 5.34. The third-order valence-corrected chi connectivity index (χ3v) is 3.01. The third kappa shape index (κ3) is 3.98. The largest absolute Gasteiger partial charge is 0.388 e. The number of amides is 2. The van der Waals surface area contributed by atoms with Gasteiger partial charge in [0.1, 0.15) is 5.88 Å². The van der Waals surface area contributed by atoms with Gasteiger partial charge >= 0.3 is 0 Å². The van der Waals surface area contributed by atoms with Crippen LogP contribution in [0.3, 0.4) is 0 Å². The van der Waals surface area contributed by atoms with Crippen molar-refractivity contribution in [3.05, 3.63) is 0 Å². The van der Waals surface area contributed by atoms with Gasteiger partial charge < -0.3 is 15.3 Å². The van der Waals surface area contributed by atoms with E-state index in [0.29, 0.717) is 32.5 Å². The molecule has 1 aliphatic heterocycles. The predicted molar refractivity (Wildman–Crippen MR) is 60.2 cm³/mol. The molecule has 0 bridgehead atoms. The monoisotopic (exact) mass is 248 g/mol. The van der Waals surface area contributed by atoms with E-state index in [1.54, 1.807) is 4.90 Å². The van der Waals surface area contributed by atoms with E-state index in [1.165, 1.54) is 0 Å². The van der Waals surface area contributed by atoms with Crippen molar-refractivity contribution in [3.63, 3.8) is 0 Å². The van der Waals surface area contributed by atoms with Crippen molar-refractivity contribution in [3.8, 4) is 0 Å². The molecule has 16 heavy (non-hydrogen) atoms. The first-order chi connectivity index (χ1) is 7.59. The fourth-order valence-corrected chi connectivity index (χ4v) is 2.02. The second-order valence-electron chi connectivity index (χ2n) is 4.14. The maximum atomic E-state index is 10.9. The Kier molecular flexibility index (Phi) is 5.02. The number of hydrogen-bond acceptors (Lipinski definition) is 3. The van der Waals surface area contributed by atoms with Crippen LogP contribution in [-0.2, 0) is 9.59 Å². The molecule has 0 aliphatic carbocycles. The highest BCUT2D eigenvalue weighted by atomic mass is 35.5. The lowest BCUT2D eigenvalue weighted by Gasteiger charge is -2.37. The van der Waals surface area contributed by atoms with E-state index >= 15 is 0 Å². The van der Waals surface area contributed by atoms with E-state index in [9.17, 15) is 14.7 Å². The van der Waals surface area contributed by atoms with Crippen molar-refractivity contribution in [2.45, 2.75) is 24.9 Å². The van der Waals surface area contributed by atoms with Crippen LogP contribution in [0, 0.1) is 0 Å². The molecule has 92 valence electrons. The summed E-state index contributed by atoms with van der Waals surface area (Å²) in [5.41, 5.74) is -0.876. The summed E-state index contributed by atoms with van der Waals surface area (Å²) in [6.45, 7) is 1.42. The minimum atomic E-state index is -0.876. The van der Waals surface area contributed by atoms with Crippen LogP contribution in [0.25, 0.3) is 0 Å². The molecule has 1 aliphatic rings. The molecule has 0 saturated carbocycles. The number of aliphatic hydroxyl groups is 1. The summed E-state index contributed by atoms with van der Waals surface area (Å²) in [6, 6.07) is 0. The van der Waals surface area contributed by atoms with E-state index in [1.807, 2.05) is 0 Å². The fraction of sp³-hybridized carbons (Fsp3) is 0.800. The standard InChI is InChI=1S/C10H17ClN2O3/c11-6-9(15)12-4-3-10(16)2-1-5-13(7-10)8-14/h8,16H,1-7H2,(H,12,15). The summed E-state index contributed by atoms with van der Waals surface area (Å²) in [7, 11) is 0. The van der Waals surface area contributed by atoms with Gasteiger partial charge in [0, 0.05) is 19.6 Å². The van der Waals surface area contributed by atoms with Crippen molar-refractivity contribution in [2.75, 3.05) is 25.5 Å². The maximum absolute atomic E-state index is 10.9. The van der Waals surface area contributed by atoms with Crippen molar-refractivity contribution < 1.29 is 14.7 Å². The van der Waals surface area contributed by atoms with Gasteiger partial charge in [-0.3, -0.25) is 9.59 Å². The second kappa shape index (κ2) is 6.06. The van der Waals surface area contributed by atoms with E-state index < -0.39 is 5.60 Å². The van der Waals surface area contributed by atoms with Gasteiger partial charge in [-0.15, -0.1) is 11.6 Å².